The van der Waals surface area contributed by atoms with Crippen LogP contribution in [-0.4, -0.2) is 41.4 Å². The van der Waals surface area contributed by atoms with Crippen LogP contribution in [0.1, 0.15) is 27.0 Å². The summed E-state index contributed by atoms with van der Waals surface area (Å²) in [6, 6.07) is 0. The molecule has 2 saturated heterocycles. The molecule has 1 aromatic heterocycles. The Morgan fingerprint density at radius 2 is 2.35 bits per heavy atom. The average molecular weight is 301 g/mol. The molecule has 2 aliphatic rings. The Bertz CT molecular complexity index is 691. The molecule has 0 aromatic carbocycles. The Kier molecular flexibility index (Phi) is 2.65. The molecule has 3 heterocycles. The van der Waals surface area contributed by atoms with Gasteiger partial charge in [0.1, 0.15) is 17.0 Å². The van der Waals surface area contributed by atoms with Crippen LogP contribution in [0.5, 0.6) is 0 Å². The van der Waals surface area contributed by atoms with Gasteiger partial charge in [-0.3, -0.25) is 14.3 Å². The van der Waals surface area contributed by atoms with Crippen molar-refractivity contribution in [2.45, 2.75) is 49.2 Å². The van der Waals surface area contributed by atoms with Crippen LogP contribution in [0.15, 0.2) is 15.8 Å². The highest BCUT2D eigenvalue weighted by atomic mass is 32.2. The van der Waals surface area contributed by atoms with Crippen molar-refractivity contribution in [3.8, 4) is 0 Å². The van der Waals surface area contributed by atoms with E-state index in [2.05, 4.69) is 4.98 Å². The summed E-state index contributed by atoms with van der Waals surface area (Å²) in [5.74, 6) is 0. The second kappa shape index (κ2) is 4.20. The number of aryl methyl sites for hydroxylation is 1. The molecule has 0 aliphatic carbocycles. The molecule has 7 nitrogen and oxygen atoms in total. The largest absolute Gasteiger partial charge is 0.616 e. The van der Waals surface area contributed by atoms with Gasteiger partial charge in [0.2, 0.25) is 0 Å². The van der Waals surface area contributed by atoms with Gasteiger partial charge in [-0.1, -0.05) is 0 Å². The molecule has 2 bridgehead atoms. The fraction of sp³-hybridized carbons (Fsp3) is 0.667. The lowest BCUT2D eigenvalue weighted by Gasteiger charge is -2.34. The van der Waals surface area contributed by atoms with E-state index in [1.165, 1.54) is 13.1 Å². The fourth-order valence-corrected chi connectivity index (χ4v) is 4.76. The van der Waals surface area contributed by atoms with E-state index >= 15 is 0 Å². The Morgan fingerprint density at radius 3 is 2.95 bits per heavy atom. The van der Waals surface area contributed by atoms with Crippen LogP contribution in [0.4, 0.5) is 0 Å². The summed E-state index contributed by atoms with van der Waals surface area (Å²) in [6.45, 7) is 2.97. The van der Waals surface area contributed by atoms with Crippen molar-refractivity contribution in [3.05, 3.63) is 32.6 Å². The topological polar surface area (TPSA) is 107 Å². The summed E-state index contributed by atoms with van der Waals surface area (Å²) in [4.78, 5) is 25.5. The van der Waals surface area contributed by atoms with E-state index in [-0.39, 0.29) is 6.90 Å². The molecule has 2 fully saturated rings. The number of rotatable bonds is 1. The van der Waals surface area contributed by atoms with Crippen LogP contribution in [0, 0.1) is 6.92 Å². The monoisotopic (exact) mass is 301 g/mol. The molecule has 6 atom stereocenters. The molecule has 20 heavy (non-hydrogen) atoms. The Labute approximate surface area is 119 Å². The molecule has 8 heteroatoms. The van der Waals surface area contributed by atoms with Gasteiger partial charge in [0.25, 0.3) is 5.56 Å². The lowest BCUT2D eigenvalue weighted by molar-refractivity contribution is -0.0931. The minimum Gasteiger partial charge on any atom is -0.616 e. The molecule has 1 aromatic rings. The van der Waals surface area contributed by atoms with Gasteiger partial charge >= 0.3 is 5.69 Å². The molecule has 1 unspecified atom stereocenters. The highest BCUT2D eigenvalue weighted by Gasteiger charge is 2.70. The molecule has 0 saturated carbocycles. The van der Waals surface area contributed by atoms with E-state index < -0.39 is 50.9 Å². The second-order valence-corrected chi connectivity index (χ2v) is 7.23. The molecule has 2 N–H and O–H groups in total. The lowest BCUT2D eigenvalue weighted by Crippen LogP contribution is -2.47. The number of fused-ring (bicyclic) bond motifs is 2. The quantitative estimate of drug-likeness (QED) is 0.648. The average Bonchev–Trinajstić information content (AvgIpc) is 2.83. The van der Waals surface area contributed by atoms with Crippen LogP contribution >= 0.6 is 0 Å². The summed E-state index contributed by atoms with van der Waals surface area (Å²) in [5, 5.41) is 9.08. The maximum Gasteiger partial charge on any atom is 0.330 e. The van der Waals surface area contributed by atoms with Gasteiger partial charge in [-0.15, -0.1) is 0 Å². The molecule has 0 radical (unpaired) electrons. The highest BCUT2D eigenvalue weighted by molar-refractivity contribution is 7.93. The van der Waals surface area contributed by atoms with Gasteiger partial charge in [-0.25, -0.2) is 4.79 Å². The van der Waals surface area contributed by atoms with E-state index in [0.717, 1.165) is 4.57 Å². The van der Waals surface area contributed by atoms with E-state index in [9.17, 15) is 19.2 Å². The van der Waals surface area contributed by atoms with E-state index in [1.54, 1.807) is 6.92 Å². The zero-order valence-corrected chi connectivity index (χ0v) is 11.8. The number of nitrogens with zero attached hydrogens (tertiary/aromatic N) is 1. The minimum atomic E-state index is -1.42. The van der Waals surface area contributed by atoms with Crippen molar-refractivity contribution in [3.63, 3.8) is 0 Å². The van der Waals surface area contributed by atoms with E-state index in [4.69, 9.17) is 6.11 Å². The number of aliphatic hydroxyl groups excluding tert-OH is 1. The van der Waals surface area contributed by atoms with Gasteiger partial charge in [0.05, 0.1) is 0 Å². The standard InChI is InChI=1S/C12H16N2O5S/c1-5-4-14(11(17)13-9(5)16)10-7-8(15)12(3,19-10)6(2)20(7)18/h4,6-8,10,15H,1-3H3,(H,13,16,17)/t6-,7+,8-,10+,12-,20?/m0/s1/i3D. The Balaban J connectivity index is 2.10. The van der Waals surface area contributed by atoms with Crippen molar-refractivity contribution in [2.75, 3.05) is 0 Å². The molecular weight excluding hydrogens is 284 g/mol. The van der Waals surface area contributed by atoms with Crippen LogP contribution < -0.4 is 11.2 Å². The number of hydrogen-bond donors (Lipinski definition) is 2. The molecule has 110 valence electrons. The SMILES string of the molecule is [2H]C[C@@]12O[C@@H](n3cc(C)c(=O)[nH]c3=O)[C@@H]([C@@H]1O)[S+]([O-])[C@H]2C. The first-order valence-corrected chi connectivity index (χ1v) is 7.47. The van der Waals surface area contributed by atoms with Crippen LogP contribution in [0.2, 0.25) is 0 Å². The Hall–Kier alpha value is -1.09. The summed E-state index contributed by atoms with van der Waals surface area (Å²) >= 11 is -1.42. The molecular formula is C12H16N2O5S. The first-order chi connectivity index (χ1) is 9.83. The number of aromatic nitrogens is 2. The van der Waals surface area contributed by atoms with Crippen LogP contribution in [0.3, 0.4) is 0 Å². The number of H-pyrrole nitrogens is 1. The number of aliphatic hydroxyl groups is 1. The van der Waals surface area contributed by atoms with Crippen molar-refractivity contribution < 1.29 is 15.8 Å². The normalized spacial score (nSPS) is 43.8. The molecule has 0 amide bonds. The van der Waals surface area contributed by atoms with Crippen molar-refractivity contribution in [2.24, 2.45) is 0 Å². The van der Waals surface area contributed by atoms with Crippen LogP contribution in [-0.2, 0) is 15.9 Å². The molecule has 3 rings (SSSR count). The van der Waals surface area contributed by atoms with Crippen molar-refractivity contribution >= 4 is 11.2 Å². The third-order valence-corrected chi connectivity index (χ3v) is 6.28. The molecule has 0 spiro atoms. The van der Waals surface area contributed by atoms with Crippen LogP contribution in [0.25, 0.3) is 0 Å². The zero-order chi connectivity index (χ0) is 15.5. The number of aromatic amines is 1. The van der Waals surface area contributed by atoms with Gasteiger partial charge < -0.3 is 14.4 Å². The van der Waals surface area contributed by atoms with Crippen molar-refractivity contribution in [1.29, 1.82) is 0 Å². The van der Waals surface area contributed by atoms with E-state index in [1.807, 2.05) is 0 Å². The minimum absolute atomic E-state index is 0.245. The lowest BCUT2D eigenvalue weighted by atomic mass is 9.96. The zero-order valence-electron chi connectivity index (χ0n) is 12.0. The maximum atomic E-state index is 12.4. The third kappa shape index (κ3) is 1.59. The van der Waals surface area contributed by atoms with Gasteiger partial charge in [-0.2, -0.15) is 0 Å². The summed E-state index contributed by atoms with van der Waals surface area (Å²) < 4.78 is 26.9. The van der Waals surface area contributed by atoms with Crippen molar-refractivity contribution in [1.82, 2.24) is 9.55 Å². The van der Waals surface area contributed by atoms with Gasteiger partial charge in [0, 0.05) is 13.1 Å². The fourth-order valence-electron chi connectivity index (χ4n) is 2.80. The third-order valence-electron chi connectivity index (χ3n) is 4.16. The first-order valence-electron chi connectivity index (χ1n) is 6.91. The van der Waals surface area contributed by atoms with E-state index in [0.29, 0.717) is 5.56 Å². The summed E-state index contributed by atoms with van der Waals surface area (Å²) in [6.07, 6.45) is -0.681. The molecule has 2 aliphatic heterocycles. The number of hydrogen-bond acceptors (Lipinski definition) is 5. The smallest absolute Gasteiger partial charge is 0.330 e. The predicted molar refractivity (Wildman–Crippen MR) is 72.0 cm³/mol. The number of nitrogens with one attached hydrogen (secondary N) is 1. The predicted octanol–water partition coefficient (Wildman–Crippen LogP) is -0.987. The maximum absolute atomic E-state index is 12.4. The highest BCUT2D eigenvalue weighted by Crippen LogP contribution is 2.51. The second-order valence-electron chi connectivity index (χ2n) is 5.32. The first kappa shape index (κ1) is 12.6. The Morgan fingerprint density at radius 1 is 1.65 bits per heavy atom. The van der Waals surface area contributed by atoms with Gasteiger partial charge in [-0.05, 0) is 31.9 Å². The van der Waals surface area contributed by atoms with Gasteiger partial charge in [0.15, 0.2) is 11.5 Å². The number of ether oxygens (including phenoxy) is 1. The summed E-state index contributed by atoms with van der Waals surface area (Å²) in [5.41, 5.74) is -2.09. The summed E-state index contributed by atoms with van der Waals surface area (Å²) in [7, 11) is 0.